The van der Waals surface area contributed by atoms with Gasteiger partial charge < -0.3 is 14.8 Å². The van der Waals surface area contributed by atoms with Crippen molar-refractivity contribution in [2.75, 3.05) is 13.7 Å². The molecule has 0 atom stereocenters. The molecule has 1 amide bonds. The van der Waals surface area contributed by atoms with Crippen molar-refractivity contribution < 1.29 is 14.3 Å². The van der Waals surface area contributed by atoms with Crippen LogP contribution in [0.1, 0.15) is 25.3 Å². The summed E-state index contributed by atoms with van der Waals surface area (Å²) in [5, 5.41) is 5.56. The first-order valence-electron chi connectivity index (χ1n) is 10.3. The van der Waals surface area contributed by atoms with E-state index in [0.29, 0.717) is 16.7 Å². The monoisotopic (exact) mass is 432 g/mol. The zero-order valence-corrected chi connectivity index (χ0v) is 18.4. The van der Waals surface area contributed by atoms with Crippen molar-refractivity contribution in [1.29, 1.82) is 0 Å². The maximum absolute atomic E-state index is 12.6. The molecule has 4 rings (SSSR count). The van der Waals surface area contributed by atoms with Gasteiger partial charge in [0.1, 0.15) is 11.5 Å². The van der Waals surface area contributed by atoms with Gasteiger partial charge in [0.2, 0.25) is 0 Å². The van der Waals surface area contributed by atoms with Crippen LogP contribution >= 0.6 is 11.8 Å². The Bertz CT molecular complexity index is 1150. The fourth-order valence-corrected chi connectivity index (χ4v) is 4.09. The second-order valence-corrected chi connectivity index (χ2v) is 8.11. The third kappa shape index (κ3) is 4.91. The number of aliphatic imine (C=N–C) groups is 1. The second kappa shape index (κ2) is 9.71. The van der Waals surface area contributed by atoms with Gasteiger partial charge in [-0.15, -0.1) is 0 Å². The Labute approximate surface area is 186 Å². The number of methoxy groups -OCH3 is 1. The molecule has 0 bridgehead atoms. The SMILES string of the molecule is CCCCOc1ccc2ccccc2c1/C=C1/SC(=Nc2ccc(OC)cc2)NC1=O. The number of nitrogens with one attached hydrogen (secondary N) is 1. The van der Waals surface area contributed by atoms with Crippen molar-refractivity contribution in [3.63, 3.8) is 0 Å². The van der Waals surface area contributed by atoms with E-state index in [1.54, 1.807) is 7.11 Å². The molecule has 0 unspecified atom stereocenters. The Hall–Kier alpha value is -3.25. The minimum absolute atomic E-state index is 0.162. The van der Waals surface area contributed by atoms with Crippen molar-refractivity contribution in [1.82, 2.24) is 5.32 Å². The molecular formula is C25H24N2O3S. The van der Waals surface area contributed by atoms with E-state index >= 15 is 0 Å². The average Bonchev–Trinajstić information content (AvgIpc) is 3.14. The van der Waals surface area contributed by atoms with Gasteiger partial charge in [0.25, 0.3) is 5.91 Å². The fraction of sp³-hybridized carbons (Fsp3) is 0.200. The first-order valence-corrected chi connectivity index (χ1v) is 11.1. The van der Waals surface area contributed by atoms with E-state index in [1.807, 2.05) is 48.5 Å². The number of unbranched alkanes of at least 4 members (excludes halogenated alkanes) is 1. The van der Waals surface area contributed by atoms with Gasteiger partial charge in [0.15, 0.2) is 5.17 Å². The molecule has 1 N–H and O–H groups in total. The molecule has 1 aliphatic rings. The van der Waals surface area contributed by atoms with E-state index in [1.165, 1.54) is 11.8 Å². The van der Waals surface area contributed by atoms with Crippen LogP contribution in [-0.4, -0.2) is 24.8 Å². The molecule has 1 heterocycles. The highest BCUT2D eigenvalue weighted by Crippen LogP contribution is 2.35. The van der Waals surface area contributed by atoms with Crippen LogP contribution in [0.3, 0.4) is 0 Å². The molecule has 3 aromatic rings. The van der Waals surface area contributed by atoms with Crippen molar-refractivity contribution >= 4 is 45.4 Å². The molecule has 0 radical (unpaired) electrons. The lowest BCUT2D eigenvalue weighted by molar-refractivity contribution is -0.115. The lowest BCUT2D eigenvalue weighted by Crippen LogP contribution is -2.19. The lowest BCUT2D eigenvalue weighted by atomic mass is 10.0. The highest BCUT2D eigenvalue weighted by molar-refractivity contribution is 8.18. The third-order valence-electron chi connectivity index (χ3n) is 4.92. The molecule has 1 fully saturated rings. The summed E-state index contributed by atoms with van der Waals surface area (Å²) >= 11 is 1.33. The molecule has 3 aromatic carbocycles. The number of benzene rings is 3. The standard InChI is InChI=1S/C25H24N2O3S/c1-3-4-15-30-22-14-9-17-7-5-6-8-20(17)21(22)16-23-24(28)27-25(31-23)26-18-10-12-19(29-2)13-11-18/h5-14,16H,3-4,15H2,1-2H3,(H,26,27,28)/b23-16+. The quantitative estimate of drug-likeness (QED) is 0.372. The molecule has 0 aliphatic carbocycles. The summed E-state index contributed by atoms with van der Waals surface area (Å²) in [7, 11) is 1.62. The van der Waals surface area contributed by atoms with E-state index in [2.05, 4.69) is 35.4 Å². The lowest BCUT2D eigenvalue weighted by Gasteiger charge is -2.12. The number of fused-ring (bicyclic) bond motifs is 1. The Morgan fingerprint density at radius 1 is 1.06 bits per heavy atom. The number of amides is 1. The van der Waals surface area contributed by atoms with Gasteiger partial charge in [0, 0.05) is 5.56 Å². The van der Waals surface area contributed by atoms with Gasteiger partial charge in [-0.05, 0) is 65.4 Å². The van der Waals surface area contributed by atoms with Gasteiger partial charge in [-0.2, -0.15) is 0 Å². The summed E-state index contributed by atoms with van der Waals surface area (Å²) in [5.41, 5.74) is 1.66. The minimum Gasteiger partial charge on any atom is -0.497 e. The third-order valence-corrected chi connectivity index (χ3v) is 5.83. The molecule has 1 aliphatic heterocycles. The molecule has 31 heavy (non-hydrogen) atoms. The number of rotatable bonds is 7. The molecule has 0 spiro atoms. The van der Waals surface area contributed by atoms with Gasteiger partial charge >= 0.3 is 0 Å². The molecule has 0 aromatic heterocycles. The highest BCUT2D eigenvalue weighted by atomic mass is 32.2. The van der Waals surface area contributed by atoms with Crippen molar-refractivity contribution in [2.45, 2.75) is 19.8 Å². The van der Waals surface area contributed by atoms with Crippen LogP contribution in [0.5, 0.6) is 11.5 Å². The summed E-state index contributed by atoms with van der Waals surface area (Å²) in [6, 6.07) is 19.5. The van der Waals surface area contributed by atoms with Gasteiger partial charge in [-0.3, -0.25) is 4.79 Å². The van der Waals surface area contributed by atoms with Crippen LogP contribution in [0.25, 0.3) is 16.8 Å². The van der Waals surface area contributed by atoms with E-state index in [-0.39, 0.29) is 5.91 Å². The van der Waals surface area contributed by atoms with Crippen LogP contribution < -0.4 is 14.8 Å². The number of thioether (sulfide) groups is 1. The molecule has 158 valence electrons. The number of carbonyl (C=O) groups excluding carboxylic acids is 1. The first-order chi connectivity index (χ1) is 15.2. The fourth-order valence-electron chi connectivity index (χ4n) is 3.26. The largest absolute Gasteiger partial charge is 0.497 e. The first kappa shape index (κ1) is 21.0. The van der Waals surface area contributed by atoms with Crippen LogP contribution in [-0.2, 0) is 4.79 Å². The van der Waals surface area contributed by atoms with E-state index < -0.39 is 0 Å². The van der Waals surface area contributed by atoms with Gasteiger partial charge in [0.05, 0.1) is 24.3 Å². The summed E-state index contributed by atoms with van der Waals surface area (Å²) < 4.78 is 11.2. The predicted molar refractivity (Wildman–Crippen MR) is 128 cm³/mol. The predicted octanol–water partition coefficient (Wildman–Crippen LogP) is 5.92. The average molecular weight is 433 g/mol. The van der Waals surface area contributed by atoms with Crippen molar-refractivity contribution in [2.24, 2.45) is 4.99 Å². The maximum atomic E-state index is 12.6. The summed E-state index contributed by atoms with van der Waals surface area (Å²) in [6.07, 6.45) is 3.95. The molecule has 5 nitrogen and oxygen atoms in total. The Morgan fingerprint density at radius 3 is 2.65 bits per heavy atom. The Balaban J connectivity index is 1.66. The number of hydrogen-bond donors (Lipinski definition) is 1. The minimum atomic E-state index is -0.162. The zero-order valence-electron chi connectivity index (χ0n) is 17.6. The van der Waals surface area contributed by atoms with Crippen LogP contribution in [0.15, 0.2) is 70.6 Å². The van der Waals surface area contributed by atoms with Gasteiger partial charge in [-0.1, -0.05) is 43.7 Å². The molecule has 0 saturated carbocycles. The summed E-state index contributed by atoms with van der Waals surface area (Å²) in [4.78, 5) is 17.8. The van der Waals surface area contributed by atoms with Crippen LogP contribution in [0.4, 0.5) is 5.69 Å². The smallest absolute Gasteiger partial charge is 0.264 e. The maximum Gasteiger partial charge on any atom is 0.264 e. The van der Waals surface area contributed by atoms with Crippen molar-refractivity contribution in [3.8, 4) is 11.5 Å². The number of nitrogens with zero attached hydrogens (tertiary/aromatic N) is 1. The zero-order chi connectivity index (χ0) is 21.6. The Kier molecular flexibility index (Phi) is 6.57. The number of carbonyl (C=O) groups is 1. The summed E-state index contributed by atoms with van der Waals surface area (Å²) in [5.74, 6) is 1.39. The van der Waals surface area contributed by atoms with E-state index in [9.17, 15) is 4.79 Å². The normalized spacial score (nSPS) is 16.1. The number of hydrogen-bond acceptors (Lipinski definition) is 5. The molecule has 1 saturated heterocycles. The molecular weight excluding hydrogens is 408 g/mol. The van der Waals surface area contributed by atoms with Crippen LogP contribution in [0.2, 0.25) is 0 Å². The van der Waals surface area contributed by atoms with Gasteiger partial charge in [-0.25, -0.2) is 4.99 Å². The van der Waals surface area contributed by atoms with E-state index in [0.717, 1.165) is 46.4 Å². The van der Waals surface area contributed by atoms with Crippen LogP contribution in [0, 0.1) is 0 Å². The summed E-state index contributed by atoms with van der Waals surface area (Å²) in [6.45, 7) is 2.78. The van der Waals surface area contributed by atoms with E-state index in [4.69, 9.17) is 9.47 Å². The topological polar surface area (TPSA) is 59.9 Å². The number of ether oxygens (including phenoxy) is 2. The number of amidine groups is 1. The highest BCUT2D eigenvalue weighted by Gasteiger charge is 2.24. The Morgan fingerprint density at radius 2 is 1.87 bits per heavy atom. The van der Waals surface area contributed by atoms with Crippen molar-refractivity contribution in [3.05, 3.63) is 71.1 Å². The molecule has 6 heteroatoms. The second-order valence-electron chi connectivity index (χ2n) is 7.08.